The third-order valence-electron chi connectivity index (χ3n) is 4.52. The number of carbonyl (C=O) groups is 2. The van der Waals surface area contributed by atoms with E-state index in [-0.39, 0.29) is 12.6 Å². The first kappa shape index (κ1) is 22.9. The molecule has 3 aromatic rings. The lowest BCUT2D eigenvalue weighted by molar-refractivity contribution is -0.155. The van der Waals surface area contributed by atoms with Crippen LogP contribution in [0.15, 0.2) is 66.9 Å². The topological polar surface area (TPSA) is 91.7 Å². The maximum atomic E-state index is 12.3. The molecule has 1 aromatic heterocycles. The fraction of sp³-hybridized carbons (Fsp3) is 0.292. The van der Waals surface area contributed by atoms with E-state index < -0.39 is 18.0 Å². The molecule has 0 saturated heterocycles. The molecule has 168 valence electrons. The Kier molecular flexibility index (Phi) is 7.85. The molecule has 0 fully saturated rings. The van der Waals surface area contributed by atoms with Crippen LogP contribution in [-0.2, 0) is 20.9 Å². The van der Waals surface area contributed by atoms with Gasteiger partial charge in [0.1, 0.15) is 23.9 Å². The lowest BCUT2D eigenvalue weighted by atomic mass is 10.2. The van der Waals surface area contributed by atoms with Crippen molar-refractivity contribution in [3.8, 4) is 11.5 Å². The first-order valence-electron chi connectivity index (χ1n) is 10.4. The molecule has 0 aliphatic heterocycles. The molecule has 1 unspecified atom stereocenters. The van der Waals surface area contributed by atoms with E-state index in [4.69, 9.17) is 14.2 Å². The summed E-state index contributed by atoms with van der Waals surface area (Å²) in [6.45, 7) is 5.55. The van der Waals surface area contributed by atoms with Crippen LogP contribution in [-0.4, -0.2) is 34.4 Å². The van der Waals surface area contributed by atoms with Gasteiger partial charge < -0.3 is 19.5 Å². The maximum Gasteiger partial charge on any atom is 0.344 e. The zero-order chi connectivity index (χ0) is 22.9. The first-order chi connectivity index (χ1) is 15.4. The number of hydrogen-bond donors (Lipinski definition) is 1. The van der Waals surface area contributed by atoms with E-state index >= 15 is 0 Å². The highest BCUT2D eigenvalue weighted by Gasteiger charge is 2.20. The number of amides is 1. The summed E-state index contributed by atoms with van der Waals surface area (Å²) in [5, 5.41) is 6.86. The van der Waals surface area contributed by atoms with Crippen molar-refractivity contribution in [3.05, 3.63) is 72.4 Å². The number of carbonyl (C=O) groups excluding carboxylic acids is 2. The van der Waals surface area contributed by atoms with Gasteiger partial charge in [-0.2, -0.15) is 5.10 Å². The second-order valence-electron chi connectivity index (χ2n) is 7.41. The summed E-state index contributed by atoms with van der Waals surface area (Å²) in [5.41, 5.74) is 1.07. The lowest BCUT2D eigenvalue weighted by Gasteiger charge is -2.16. The maximum absolute atomic E-state index is 12.3. The Bertz CT molecular complexity index is 1020. The fourth-order valence-electron chi connectivity index (χ4n) is 2.85. The van der Waals surface area contributed by atoms with Crippen LogP contribution in [0.25, 0.3) is 0 Å². The molecule has 0 aliphatic carbocycles. The van der Waals surface area contributed by atoms with Gasteiger partial charge in [-0.15, -0.1) is 0 Å². The van der Waals surface area contributed by atoms with Gasteiger partial charge in [0.2, 0.25) is 0 Å². The molecule has 0 radical (unpaired) electrons. The van der Waals surface area contributed by atoms with Gasteiger partial charge in [0.05, 0.1) is 6.20 Å². The second-order valence-corrected chi connectivity index (χ2v) is 7.41. The Hall–Kier alpha value is -3.81. The smallest absolute Gasteiger partial charge is 0.344 e. The third-order valence-corrected chi connectivity index (χ3v) is 4.52. The number of ether oxygens (including phenoxy) is 3. The van der Waals surface area contributed by atoms with Crippen molar-refractivity contribution in [2.24, 2.45) is 0 Å². The van der Waals surface area contributed by atoms with Crippen LogP contribution in [0.4, 0.5) is 5.82 Å². The Balaban J connectivity index is 1.41. The molecule has 8 nitrogen and oxygen atoms in total. The molecule has 0 spiro atoms. The molecular formula is C24H27N3O5. The molecular weight excluding hydrogens is 410 g/mol. The molecule has 1 atom stereocenters. The number of nitrogens with one attached hydrogen (secondary N) is 1. The number of rotatable bonds is 10. The quantitative estimate of drug-likeness (QED) is 0.482. The normalized spacial score (nSPS) is 11.6. The standard InChI is InChI=1S/C24H27N3O5/c1-17(2)27-22(13-14-25-27)26-24(29)18(3)32-23(28)16-31-21-11-9-20(10-12-21)30-15-19-7-5-4-6-8-19/h4-14,17-18H,15-16H2,1-3H3,(H,26,29). The van der Waals surface area contributed by atoms with Crippen LogP contribution in [0, 0.1) is 0 Å². The van der Waals surface area contributed by atoms with E-state index in [0.29, 0.717) is 23.9 Å². The van der Waals surface area contributed by atoms with Crippen molar-refractivity contribution in [3.63, 3.8) is 0 Å². The predicted octanol–water partition coefficient (Wildman–Crippen LogP) is 3.99. The van der Waals surface area contributed by atoms with E-state index in [0.717, 1.165) is 5.56 Å². The largest absolute Gasteiger partial charge is 0.489 e. The van der Waals surface area contributed by atoms with Crippen LogP contribution >= 0.6 is 0 Å². The van der Waals surface area contributed by atoms with Crippen molar-refractivity contribution in [2.45, 2.75) is 39.5 Å². The molecule has 2 aromatic carbocycles. The summed E-state index contributed by atoms with van der Waals surface area (Å²) in [6, 6.07) is 18.6. The zero-order valence-corrected chi connectivity index (χ0v) is 18.4. The molecule has 1 N–H and O–H groups in total. The predicted molar refractivity (Wildman–Crippen MR) is 120 cm³/mol. The van der Waals surface area contributed by atoms with Gasteiger partial charge in [-0.05, 0) is 50.6 Å². The van der Waals surface area contributed by atoms with Crippen LogP contribution in [0.5, 0.6) is 11.5 Å². The molecule has 0 saturated carbocycles. The van der Waals surface area contributed by atoms with Gasteiger partial charge in [-0.1, -0.05) is 30.3 Å². The van der Waals surface area contributed by atoms with Gasteiger partial charge >= 0.3 is 5.97 Å². The van der Waals surface area contributed by atoms with Crippen LogP contribution in [0.1, 0.15) is 32.4 Å². The summed E-state index contributed by atoms with van der Waals surface area (Å²) in [5.74, 6) is 0.635. The number of anilines is 1. The van der Waals surface area contributed by atoms with Gasteiger partial charge in [-0.3, -0.25) is 4.79 Å². The molecule has 32 heavy (non-hydrogen) atoms. The van der Waals surface area contributed by atoms with Crippen molar-refractivity contribution in [2.75, 3.05) is 11.9 Å². The van der Waals surface area contributed by atoms with Gasteiger partial charge in [-0.25, -0.2) is 9.48 Å². The van der Waals surface area contributed by atoms with Crippen LogP contribution in [0.3, 0.4) is 0 Å². The Morgan fingerprint density at radius 2 is 1.59 bits per heavy atom. The summed E-state index contributed by atoms with van der Waals surface area (Å²) in [4.78, 5) is 24.4. The average molecular weight is 437 g/mol. The number of esters is 1. The number of hydrogen-bond acceptors (Lipinski definition) is 6. The third kappa shape index (κ3) is 6.60. The molecule has 0 bridgehead atoms. The zero-order valence-electron chi connectivity index (χ0n) is 18.4. The summed E-state index contributed by atoms with van der Waals surface area (Å²) in [7, 11) is 0. The van der Waals surface area contributed by atoms with Crippen LogP contribution < -0.4 is 14.8 Å². The van der Waals surface area contributed by atoms with Crippen molar-refractivity contribution in [1.29, 1.82) is 0 Å². The highest BCUT2D eigenvalue weighted by Crippen LogP contribution is 2.19. The highest BCUT2D eigenvalue weighted by atomic mass is 16.6. The van der Waals surface area contributed by atoms with E-state index in [1.54, 1.807) is 41.2 Å². The van der Waals surface area contributed by atoms with Crippen molar-refractivity contribution < 1.29 is 23.8 Å². The SMILES string of the molecule is CC(OC(=O)COc1ccc(OCc2ccccc2)cc1)C(=O)Nc1ccnn1C(C)C. The van der Waals surface area contributed by atoms with Crippen molar-refractivity contribution in [1.82, 2.24) is 9.78 Å². The summed E-state index contributed by atoms with van der Waals surface area (Å²) < 4.78 is 18.0. The van der Waals surface area contributed by atoms with E-state index in [9.17, 15) is 9.59 Å². The number of benzene rings is 2. The number of nitrogens with zero attached hydrogens (tertiary/aromatic N) is 2. The molecule has 1 amide bonds. The highest BCUT2D eigenvalue weighted by molar-refractivity contribution is 5.94. The van der Waals surface area contributed by atoms with Crippen molar-refractivity contribution >= 4 is 17.7 Å². The van der Waals surface area contributed by atoms with E-state index in [1.165, 1.54) is 6.92 Å². The molecule has 0 aliphatic rings. The molecule has 3 rings (SSSR count). The van der Waals surface area contributed by atoms with Gasteiger partial charge in [0.15, 0.2) is 12.7 Å². The Labute approximate surface area is 187 Å². The molecule has 1 heterocycles. The monoisotopic (exact) mass is 437 g/mol. The summed E-state index contributed by atoms with van der Waals surface area (Å²) in [6.07, 6.45) is 0.619. The average Bonchev–Trinajstić information content (AvgIpc) is 3.26. The fourth-order valence-corrected chi connectivity index (χ4v) is 2.85. The Morgan fingerprint density at radius 1 is 0.938 bits per heavy atom. The second kappa shape index (κ2) is 11.0. The van der Waals surface area contributed by atoms with E-state index in [2.05, 4.69) is 10.4 Å². The minimum atomic E-state index is -0.977. The summed E-state index contributed by atoms with van der Waals surface area (Å²) >= 11 is 0. The van der Waals surface area contributed by atoms with Crippen LogP contribution in [0.2, 0.25) is 0 Å². The molecule has 8 heteroatoms. The van der Waals surface area contributed by atoms with Gasteiger partial charge in [0, 0.05) is 12.1 Å². The lowest BCUT2D eigenvalue weighted by Crippen LogP contribution is -2.32. The van der Waals surface area contributed by atoms with Gasteiger partial charge in [0.25, 0.3) is 5.91 Å². The van der Waals surface area contributed by atoms with E-state index in [1.807, 2.05) is 44.2 Å². The Morgan fingerprint density at radius 3 is 2.25 bits per heavy atom. The first-order valence-corrected chi connectivity index (χ1v) is 10.4. The minimum Gasteiger partial charge on any atom is -0.489 e. The minimum absolute atomic E-state index is 0.0849. The number of aromatic nitrogens is 2.